The van der Waals surface area contributed by atoms with E-state index in [1.807, 2.05) is 12.3 Å². The summed E-state index contributed by atoms with van der Waals surface area (Å²) in [6.45, 7) is 4.01. The zero-order valence-corrected chi connectivity index (χ0v) is 16.4. The van der Waals surface area contributed by atoms with Gasteiger partial charge < -0.3 is 19.9 Å². The van der Waals surface area contributed by atoms with Gasteiger partial charge in [-0.05, 0) is 56.3 Å². The summed E-state index contributed by atoms with van der Waals surface area (Å²) in [5.74, 6) is 1.92. The third-order valence-electron chi connectivity index (χ3n) is 5.22. The second-order valence-corrected chi connectivity index (χ2v) is 7.27. The van der Waals surface area contributed by atoms with Crippen LogP contribution in [0.2, 0.25) is 0 Å². The Morgan fingerprint density at radius 2 is 2.07 bits per heavy atom. The van der Waals surface area contributed by atoms with Crippen molar-refractivity contribution in [1.82, 2.24) is 14.9 Å². The van der Waals surface area contributed by atoms with Crippen molar-refractivity contribution < 1.29 is 4.74 Å². The number of likely N-dealkylation sites (N-methyl/N-ethyl adjacent to an activating group) is 1. The van der Waals surface area contributed by atoms with Crippen molar-refractivity contribution in [3.63, 3.8) is 0 Å². The average molecular weight is 362 g/mol. The number of aryl methyl sites for hydroxylation is 1. The third-order valence-corrected chi connectivity index (χ3v) is 5.22. The number of nitrogens with one attached hydrogen (secondary N) is 2. The first-order valence-electron chi connectivity index (χ1n) is 9.32. The number of anilines is 1. The van der Waals surface area contributed by atoms with E-state index in [-0.39, 0.29) is 0 Å². The first-order valence-corrected chi connectivity index (χ1v) is 9.32. The molecule has 0 bridgehead atoms. The summed E-state index contributed by atoms with van der Waals surface area (Å²) >= 11 is 0. The highest BCUT2D eigenvalue weighted by Crippen LogP contribution is 2.28. The molecule has 0 aliphatic heterocycles. The van der Waals surface area contributed by atoms with Gasteiger partial charge in [0, 0.05) is 47.0 Å². The second kappa shape index (κ2) is 7.08. The van der Waals surface area contributed by atoms with Crippen molar-refractivity contribution in [2.75, 3.05) is 39.6 Å². The summed E-state index contributed by atoms with van der Waals surface area (Å²) in [6.07, 6.45) is 9.08. The number of hydrogen-bond acceptors (Lipinski definition) is 4. The molecule has 0 saturated carbocycles. The Labute approximate surface area is 159 Å². The Morgan fingerprint density at radius 1 is 1.22 bits per heavy atom. The maximum atomic E-state index is 5.42. The number of benzene rings is 1. The number of methoxy groups -OCH3 is 1. The molecule has 140 valence electrons. The first-order chi connectivity index (χ1) is 13.1. The zero-order valence-electron chi connectivity index (χ0n) is 16.4. The Hall–Kier alpha value is -2.79. The smallest absolute Gasteiger partial charge is 0.133 e. The van der Waals surface area contributed by atoms with Crippen LogP contribution in [0.3, 0.4) is 0 Å². The van der Waals surface area contributed by atoms with Crippen LogP contribution >= 0.6 is 0 Å². The molecule has 5 heteroatoms. The monoisotopic (exact) mass is 362 g/mol. The van der Waals surface area contributed by atoms with Crippen LogP contribution in [0.1, 0.15) is 12.0 Å². The molecule has 0 saturated heterocycles. The molecule has 5 nitrogen and oxygen atoms in total. The standard InChI is InChI=1S/C22H26N4O/c1-14-16-9-10-23-22(24-11-12-26(2)3)19(16)13-18-17-7-5-15(27-4)6-8-20(17)25-21(14)18/h6-10,13,25H,5,11-12H2,1-4H3,(H,23,24). The highest BCUT2D eigenvalue weighted by Gasteiger charge is 2.12. The summed E-state index contributed by atoms with van der Waals surface area (Å²) in [6, 6.07) is 4.36. The molecule has 4 rings (SSSR count). The van der Waals surface area contributed by atoms with E-state index in [0.717, 1.165) is 36.4 Å². The van der Waals surface area contributed by atoms with Crippen LogP contribution in [0.15, 0.2) is 30.2 Å². The minimum Gasteiger partial charge on any atom is -0.501 e. The van der Waals surface area contributed by atoms with Crippen molar-refractivity contribution in [3.05, 3.63) is 46.3 Å². The molecular weight excluding hydrogens is 336 g/mol. The maximum Gasteiger partial charge on any atom is 0.133 e. The van der Waals surface area contributed by atoms with Gasteiger partial charge in [0.1, 0.15) is 5.82 Å². The van der Waals surface area contributed by atoms with Crippen molar-refractivity contribution in [3.8, 4) is 0 Å². The lowest BCUT2D eigenvalue weighted by Gasteiger charge is -2.13. The van der Waals surface area contributed by atoms with E-state index in [2.05, 4.69) is 65.5 Å². The van der Waals surface area contributed by atoms with Gasteiger partial charge in [-0.1, -0.05) is 6.08 Å². The van der Waals surface area contributed by atoms with Gasteiger partial charge >= 0.3 is 0 Å². The van der Waals surface area contributed by atoms with E-state index in [1.54, 1.807) is 7.11 Å². The lowest BCUT2D eigenvalue weighted by Crippen LogP contribution is -2.21. The van der Waals surface area contributed by atoms with Gasteiger partial charge in [-0.15, -0.1) is 0 Å². The number of hydrogen-bond donors (Lipinski definition) is 2. The van der Waals surface area contributed by atoms with E-state index >= 15 is 0 Å². The molecule has 2 heterocycles. The number of fused-ring (bicyclic) bond motifs is 4. The van der Waals surface area contributed by atoms with Crippen LogP contribution in [0.5, 0.6) is 0 Å². The van der Waals surface area contributed by atoms with E-state index in [0.29, 0.717) is 0 Å². The molecule has 1 aliphatic carbocycles. The fraction of sp³-hybridized carbons (Fsp3) is 0.318. The third kappa shape index (κ3) is 3.19. The lowest BCUT2D eigenvalue weighted by atomic mass is 10.0. The summed E-state index contributed by atoms with van der Waals surface area (Å²) in [5.41, 5.74) is 2.45. The van der Waals surface area contributed by atoms with E-state index in [9.17, 15) is 0 Å². The molecule has 0 spiro atoms. The Balaban J connectivity index is 1.90. The number of aromatic nitrogens is 2. The van der Waals surface area contributed by atoms with E-state index in [1.165, 1.54) is 32.5 Å². The minimum atomic E-state index is 0.797. The van der Waals surface area contributed by atoms with Crippen LogP contribution in [0.4, 0.5) is 5.82 Å². The Morgan fingerprint density at radius 3 is 2.85 bits per heavy atom. The summed E-state index contributed by atoms with van der Waals surface area (Å²) in [7, 11) is 5.88. The van der Waals surface area contributed by atoms with Gasteiger partial charge in [-0.2, -0.15) is 0 Å². The van der Waals surface area contributed by atoms with Crippen LogP contribution in [0, 0.1) is 6.92 Å². The highest BCUT2D eigenvalue weighted by molar-refractivity contribution is 6.05. The molecular formula is C22H26N4O. The fourth-order valence-corrected chi connectivity index (χ4v) is 3.71. The number of pyridine rings is 1. The number of H-pyrrole nitrogens is 1. The van der Waals surface area contributed by atoms with Gasteiger partial charge in [0.15, 0.2) is 0 Å². The van der Waals surface area contributed by atoms with E-state index < -0.39 is 0 Å². The lowest BCUT2D eigenvalue weighted by molar-refractivity contribution is 0.287. The van der Waals surface area contributed by atoms with Gasteiger partial charge in [-0.3, -0.25) is 0 Å². The number of nitrogens with zero attached hydrogens (tertiary/aromatic N) is 2. The van der Waals surface area contributed by atoms with Crippen molar-refractivity contribution in [2.45, 2.75) is 13.3 Å². The predicted octanol–water partition coefficient (Wildman–Crippen LogP) is 2.49. The highest BCUT2D eigenvalue weighted by atomic mass is 16.5. The summed E-state index contributed by atoms with van der Waals surface area (Å²) in [5, 5.41) is 9.50. The summed E-state index contributed by atoms with van der Waals surface area (Å²) < 4.78 is 5.42. The molecule has 3 aromatic rings. The van der Waals surface area contributed by atoms with Crippen LogP contribution in [0.25, 0.3) is 33.8 Å². The fourth-order valence-electron chi connectivity index (χ4n) is 3.71. The minimum absolute atomic E-state index is 0.797. The largest absolute Gasteiger partial charge is 0.501 e. The zero-order chi connectivity index (χ0) is 19.0. The number of ether oxygens (including phenoxy) is 1. The number of aromatic amines is 1. The SMILES string of the molecule is COC1=CC=c2[nH]c3c(C)c4ccnc(NCCN(C)C)c4cc3c2=CC1. The van der Waals surface area contributed by atoms with E-state index in [4.69, 9.17) is 4.74 Å². The maximum absolute atomic E-state index is 5.42. The van der Waals surface area contributed by atoms with Gasteiger partial charge in [0.2, 0.25) is 0 Å². The molecule has 0 unspecified atom stereocenters. The molecule has 0 atom stereocenters. The molecule has 0 fully saturated rings. The summed E-state index contributed by atoms with van der Waals surface area (Å²) in [4.78, 5) is 10.4. The first kappa shape index (κ1) is 17.6. The molecule has 0 amide bonds. The van der Waals surface area contributed by atoms with Crippen molar-refractivity contribution in [1.29, 1.82) is 0 Å². The Bertz CT molecular complexity index is 1150. The molecule has 0 radical (unpaired) electrons. The molecule has 2 N–H and O–H groups in total. The molecule has 2 aromatic heterocycles. The van der Waals surface area contributed by atoms with Gasteiger partial charge in [0.25, 0.3) is 0 Å². The van der Waals surface area contributed by atoms with Gasteiger partial charge in [-0.25, -0.2) is 4.98 Å². The van der Waals surface area contributed by atoms with Crippen LogP contribution < -0.4 is 15.9 Å². The van der Waals surface area contributed by atoms with Crippen LogP contribution in [-0.4, -0.2) is 49.2 Å². The van der Waals surface area contributed by atoms with Gasteiger partial charge in [0.05, 0.1) is 18.4 Å². The van der Waals surface area contributed by atoms with Crippen molar-refractivity contribution >= 4 is 39.6 Å². The molecule has 1 aromatic carbocycles. The topological polar surface area (TPSA) is 53.2 Å². The average Bonchev–Trinajstić information content (AvgIpc) is 2.87. The number of allylic oxidation sites excluding steroid dienone is 2. The Kier molecular flexibility index (Phi) is 4.62. The quantitative estimate of drug-likeness (QED) is 0.732. The second-order valence-electron chi connectivity index (χ2n) is 7.27. The van der Waals surface area contributed by atoms with Crippen LogP contribution in [-0.2, 0) is 4.74 Å². The predicted molar refractivity (Wildman–Crippen MR) is 113 cm³/mol. The molecule has 1 aliphatic rings. The number of rotatable bonds is 5. The van der Waals surface area contributed by atoms with Crippen molar-refractivity contribution in [2.24, 2.45) is 0 Å². The molecule has 27 heavy (non-hydrogen) atoms. The normalized spacial score (nSPS) is 13.7.